The zero-order valence-electron chi connectivity index (χ0n) is 17.8. The van der Waals surface area contributed by atoms with Crippen LogP contribution in [-0.2, 0) is 9.53 Å². The van der Waals surface area contributed by atoms with E-state index in [1.807, 2.05) is 11.0 Å². The fourth-order valence-corrected chi connectivity index (χ4v) is 4.31. The number of pyridine rings is 1. The molecular weight excluding hydrogens is 368 g/mol. The SMILES string of the molecule is CCCN1CCCCC1C(=O)N1CCCN(c2ccc(C(=O)OCC)cn2)CC1. The normalized spacial score (nSPS) is 21.0. The lowest BCUT2D eigenvalue weighted by molar-refractivity contribution is -0.138. The van der Waals surface area contributed by atoms with Crippen molar-refractivity contribution in [3.63, 3.8) is 0 Å². The highest BCUT2D eigenvalue weighted by molar-refractivity contribution is 5.89. The van der Waals surface area contributed by atoms with E-state index in [9.17, 15) is 9.59 Å². The number of anilines is 1. The first-order chi connectivity index (χ1) is 14.1. The molecule has 1 unspecified atom stereocenters. The number of nitrogens with zero attached hydrogens (tertiary/aromatic N) is 4. The first kappa shape index (κ1) is 21.6. The summed E-state index contributed by atoms with van der Waals surface area (Å²) >= 11 is 0. The minimum absolute atomic E-state index is 0.0530. The molecule has 0 spiro atoms. The van der Waals surface area contributed by atoms with Crippen molar-refractivity contribution in [2.24, 2.45) is 0 Å². The van der Waals surface area contributed by atoms with E-state index in [4.69, 9.17) is 4.74 Å². The predicted octanol–water partition coefficient (Wildman–Crippen LogP) is 2.56. The molecule has 3 heterocycles. The number of amides is 1. The summed E-state index contributed by atoms with van der Waals surface area (Å²) in [6, 6.07) is 3.68. The number of esters is 1. The second kappa shape index (κ2) is 10.6. The quantitative estimate of drug-likeness (QED) is 0.682. The molecule has 2 aliphatic heterocycles. The van der Waals surface area contributed by atoms with E-state index in [0.717, 1.165) is 70.8 Å². The van der Waals surface area contributed by atoms with Crippen molar-refractivity contribution in [1.29, 1.82) is 0 Å². The van der Waals surface area contributed by atoms with Crippen LogP contribution in [0.2, 0.25) is 0 Å². The first-order valence-electron chi connectivity index (χ1n) is 11.0. The molecule has 0 saturated carbocycles. The lowest BCUT2D eigenvalue weighted by Crippen LogP contribution is -2.51. The van der Waals surface area contributed by atoms with Crippen LogP contribution >= 0.6 is 0 Å². The highest BCUT2D eigenvalue weighted by Crippen LogP contribution is 2.21. The predicted molar refractivity (Wildman–Crippen MR) is 113 cm³/mol. The monoisotopic (exact) mass is 402 g/mol. The standard InChI is InChI=1S/C22H34N4O3/c1-3-11-24-12-6-5-8-19(24)21(27)26-14-7-13-25(15-16-26)20-10-9-18(17-23-20)22(28)29-4-2/h9-10,17,19H,3-8,11-16H2,1-2H3. The highest BCUT2D eigenvalue weighted by atomic mass is 16.5. The van der Waals surface area contributed by atoms with Crippen molar-refractivity contribution >= 4 is 17.7 Å². The van der Waals surface area contributed by atoms with Gasteiger partial charge in [0, 0.05) is 32.4 Å². The molecule has 1 aromatic rings. The summed E-state index contributed by atoms with van der Waals surface area (Å²) in [6.07, 6.45) is 6.92. The third-order valence-corrected chi connectivity index (χ3v) is 5.80. The average molecular weight is 403 g/mol. The maximum absolute atomic E-state index is 13.2. The van der Waals surface area contributed by atoms with Crippen LogP contribution in [0, 0.1) is 0 Å². The van der Waals surface area contributed by atoms with Gasteiger partial charge in [0.15, 0.2) is 0 Å². The molecule has 2 saturated heterocycles. The second-order valence-corrected chi connectivity index (χ2v) is 7.84. The van der Waals surface area contributed by atoms with Gasteiger partial charge in [-0.25, -0.2) is 9.78 Å². The van der Waals surface area contributed by atoms with E-state index in [0.29, 0.717) is 18.1 Å². The molecule has 3 rings (SSSR count). The molecule has 1 amide bonds. The summed E-state index contributed by atoms with van der Waals surface area (Å²) in [6.45, 7) is 9.51. The van der Waals surface area contributed by atoms with Crippen LogP contribution in [0.15, 0.2) is 18.3 Å². The van der Waals surface area contributed by atoms with Crippen LogP contribution in [-0.4, -0.2) is 78.6 Å². The van der Waals surface area contributed by atoms with Gasteiger partial charge in [0.05, 0.1) is 18.2 Å². The largest absolute Gasteiger partial charge is 0.462 e. The third kappa shape index (κ3) is 5.47. The molecule has 0 bridgehead atoms. The summed E-state index contributed by atoms with van der Waals surface area (Å²) in [5.41, 5.74) is 0.468. The summed E-state index contributed by atoms with van der Waals surface area (Å²) in [7, 11) is 0. The zero-order chi connectivity index (χ0) is 20.6. The Morgan fingerprint density at radius 3 is 2.66 bits per heavy atom. The van der Waals surface area contributed by atoms with Crippen LogP contribution in [0.3, 0.4) is 0 Å². The Balaban J connectivity index is 1.59. The third-order valence-electron chi connectivity index (χ3n) is 5.80. The number of ether oxygens (including phenoxy) is 1. The van der Waals surface area contributed by atoms with Crippen LogP contribution in [0.5, 0.6) is 0 Å². The van der Waals surface area contributed by atoms with E-state index < -0.39 is 0 Å². The molecule has 29 heavy (non-hydrogen) atoms. The van der Waals surface area contributed by atoms with Gasteiger partial charge in [-0.05, 0) is 57.8 Å². The van der Waals surface area contributed by atoms with E-state index in [1.165, 1.54) is 6.42 Å². The Hall–Kier alpha value is -2.15. The number of likely N-dealkylation sites (tertiary alicyclic amines) is 1. The fraction of sp³-hybridized carbons (Fsp3) is 0.682. The first-order valence-corrected chi connectivity index (χ1v) is 11.0. The smallest absolute Gasteiger partial charge is 0.339 e. The molecule has 0 aromatic carbocycles. The highest BCUT2D eigenvalue weighted by Gasteiger charge is 2.32. The molecule has 0 aliphatic carbocycles. The molecule has 2 aliphatic rings. The van der Waals surface area contributed by atoms with E-state index in [2.05, 4.69) is 21.7 Å². The minimum Gasteiger partial charge on any atom is -0.462 e. The number of rotatable bonds is 6. The summed E-state index contributed by atoms with van der Waals surface area (Å²) < 4.78 is 5.02. The molecule has 160 valence electrons. The molecule has 7 heteroatoms. The van der Waals surface area contributed by atoms with Crippen LogP contribution in [0.25, 0.3) is 0 Å². The van der Waals surface area contributed by atoms with Crippen LogP contribution in [0.1, 0.15) is 56.3 Å². The molecule has 1 aromatic heterocycles. The molecule has 0 radical (unpaired) electrons. The number of carbonyl (C=O) groups excluding carboxylic acids is 2. The summed E-state index contributed by atoms with van der Waals surface area (Å²) in [5.74, 6) is 0.798. The average Bonchev–Trinajstić information content (AvgIpc) is 3.00. The van der Waals surface area contributed by atoms with Gasteiger partial charge in [0.1, 0.15) is 5.82 Å². The van der Waals surface area contributed by atoms with Crippen LogP contribution < -0.4 is 4.90 Å². The van der Waals surface area contributed by atoms with Crippen molar-refractivity contribution in [2.45, 2.75) is 52.0 Å². The molecule has 0 N–H and O–H groups in total. The Morgan fingerprint density at radius 2 is 1.93 bits per heavy atom. The zero-order valence-corrected chi connectivity index (χ0v) is 17.8. The topological polar surface area (TPSA) is 66.0 Å². The Bertz CT molecular complexity index is 677. The fourth-order valence-electron chi connectivity index (χ4n) is 4.31. The van der Waals surface area contributed by atoms with E-state index in [1.54, 1.807) is 19.2 Å². The van der Waals surface area contributed by atoms with Gasteiger partial charge < -0.3 is 14.5 Å². The Kier molecular flexibility index (Phi) is 7.86. The Morgan fingerprint density at radius 1 is 1.07 bits per heavy atom. The van der Waals surface area contributed by atoms with Crippen molar-refractivity contribution < 1.29 is 14.3 Å². The number of hydrogen-bond donors (Lipinski definition) is 0. The maximum Gasteiger partial charge on any atom is 0.339 e. The van der Waals surface area contributed by atoms with Crippen molar-refractivity contribution in [3.05, 3.63) is 23.9 Å². The molecule has 2 fully saturated rings. The number of aromatic nitrogens is 1. The van der Waals surface area contributed by atoms with Crippen molar-refractivity contribution in [2.75, 3.05) is 50.8 Å². The van der Waals surface area contributed by atoms with Gasteiger partial charge in [0.2, 0.25) is 5.91 Å². The number of hydrogen-bond acceptors (Lipinski definition) is 6. The molecule has 1 atom stereocenters. The summed E-state index contributed by atoms with van der Waals surface area (Å²) in [4.78, 5) is 36.1. The summed E-state index contributed by atoms with van der Waals surface area (Å²) in [5, 5.41) is 0. The van der Waals surface area contributed by atoms with E-state index >= 15 is 0 Å². The lowest BCUT2D eigenvalue weighted by Gasteiger charge is -2.37. The lowest BCUT2D eigenvalue weighted by atomic mass is 10.0. The number of piperidine rings is 1. The van der Waals surface area contributed by atoms with Crippen molar-refractivity contribution in [1.82, 2.24) is 14.8 Å². The van der Waals surface area contributed by atoms with Crippen molar-refractivity contribution in [3.8, 4) is 0 Å². The van der Waals surface area contributed by atoms with Gasteiger partial charge >= 0.3 is 5.97 Å². The molecular formula is C22H34N4O3. The van der Waals surface area contributed by atoms with Gasteiger partial charge in [0.25, 0.3) is 0 Å². The molecule has 7 nitrogen and oxygen atoms in total. The van der Waals surface area contributed by atoms with Crippen LogP contribution in [0.4, 0.5) is 5.82 Å². The van der Waals surface area contributed by atoms with Gasteiger partial charge in [-0.3, -0.25) is 9.69 Å². The second-order valence-electron chi connectivity index (χ2n) is 7.84. The minimum atomic E-state index is -0.344. The van der Waals surface area contributed by atoms with E-state index in [-0.39, 0.29) is 12.0 Å². The van der Waals surface area contributed by atoms with Gasteiger partial charge in [-0.2, -0.15) is 0 Å². The Labute approximate surface area is 174 Å². The van der Waals surface area contributed by atoms with Gasteiger partial charge in [-0.15, -0.1) is 0 Å². The number of carbonyl (C=O) groups is 2. The van der Waals surface area contributed by atoms with Gasteiger partial charge in [-0.1, -0.05) is 13.3 Å². The maximum atomic E-state index is 13.2.